The molecule has 1 heteroatoms. The van der Waals surface area contributed by atoms with Gasteiger partial charge in [-0.25, -0.2) is 0 Å². The molecule has 0 amide bonds. The van der Waals surface area contributed by atoms with Crippen molar-refractivity contribution in [2.24, 2.45) is 11.8 Å². The van der Waals surface area contributed by atoms with Gasteiger partial charge in [0.2, 0.25) is 0 Å². The summed E-state index contributed by atoms with van der Waals surface area (Å²) in [5, 5.41) is 3.82. The average molecular weight is 195 g/mol. The van der Waals surface area contributed by atoms with Crippen molar-refractivity contribution in [1.29, 1.82) is 0 Å². The number of hydrogen-bond donors (Lipinski definition) is 1. The van der Waals surface area contributed by atoms with Crippen LogP contribution < -0.4 is 5.32 Å². The molecule has 1 nitrogen and oxygen atoms in total. The summed E-state index contributed by atoms with van der Waals surface area (Å²) in [7, 11) is 0. The van der Waals surface area contributed by atoms with Crippen molar-refractivity contribution in [2.75, 3.05) is 0 Å². The highest BCUT2D eigenvalue weighted by Gasteiger charge is 2.28. The first-order chi connectivity index (χ1) is 6.75. The highest BCUT2D eigenvalue weighted by atomic mass is 15.0. The van der Waals surface area contributed by atoms with Crippen LogP contribution in [0.15, 0.2) is 0 Å². The summed E-state index contributed by atoms with van der Waals surface area (Å²) in [5.41, 5.74) is 0. The van der Waals surface area contributed by atoms with E-state index in [1.54, 1.807) is 0 Å². The summed E-state index contributed by atoms with van der Waals surface area (Å²) in [6.45, 7) is 4.77. The fraction of sp³-hybridized carbons (Fsp3) is 1.00. The molecule has 0 bridgehead atoms. The van der Waals surface area contributed by atoms with Crippen LogP contribution in [-0.4, -0.2) is 12.1 Å². The maximum absolute atomic E-state index is 3.82. The number of hydrogen-bond acceptors (Lipinski definition) is 1. The molecule has 2 rings (SSSR count). The lowest BCUT2D eigenvalue weighted by Crippen LogP contribution is -2.47. The summed E-state index contributed by atoms with van der Waals surface area (Å²) in [6, 6.07) is 1.62. The monoisotopic (exact) mass is 195 g/mol. The lowest BCUT2D eigenvalue weighted by Gasteiger charge is -2.38. The predicted octanol–water partition coefficient (Wildman–Crippen LogP) is 3.34. The van der Waals surface area contributed by atoms with Crippen molar-refractivity contribution in [3.05, 3.63) is 0 Å². The van der Waals surface area contributed by atoms with Crippen molar-refractivity contribution < 1.29 is 0 Å². The topological polar surface area (TPSA) is 12.0 Å². The quantitative estimate of drug-likeness (QED) is 0.728. The highest BCUT2D eigenvalue weighted by Crippen LogP contribution is 2.30. The van der Waals surface area contributed by atoms with Gasteiger partial charge in [-0.05, 0) is 44.4 Å². The van der Waals surface area contributed by atoms with E-state index in [1.165, 1.54) is 44.9 Å². The Bertz CT molecular complexity index is 166. The minimum Gasteiger partial charge on any atom is -0.311 e. The second-order valence-corrected chi connectivity index (χ2v) is 5.63. The fourth-order valence-corrected chi connectivity index (χ4v) is 3.18. The van der Waals surface area contributed by atoms with E-state index in [0.29, 0.717) is 0 Å². The van der Waals surface area contributed by atoms with Gasteiger partial charge in [-0.15, -0.1) is 0 Å². The molecule has 0 aromatic rings. The zero-order valence-electron chi connectivity index (χ0n) is 9.76. The first-order valence-electron chi connectivity index (χ1n) is 6.51. The third-order valence-corrected chi connectivity index (χ3v) is 4.23. The molecule has 0 spiro atoms. The van der Waals surface area contributed by atoms with Crippen molar-refractivity contribution >= 4 is 0 Å². The van der Waals surface area contributed by atoms with Crippen LogP contribution in [0.25, 0.3) is 0 Å². The number of rotatable bonds is 3. The van der Waals surface area contributed by atoms with Crippen molar-refractivity contribution in [3.63, 3.8) is 0 Å². The van der Waals surface area contributed by atoms with Crippen LogP contribution in [0.2, 0.25) is 0 Å². The standard InChI is InChI=1S/C13H25N/c1-10-8-13(9-10)14-11(2)12-6-4-3-5-7-12/h10-14H,3-9H2,1-2H3/t10?,11-,13?/m1/s1. The van der Waals surface area contributed by atoms with Crippen LogP contribution in [0.5, 0.6) is 0 Å². The van der Waals surface area contributed by atoms with Crippen molar-refractivity contribution in [2.45, 2.75) is 70.9 Å². The van der Waals surface area contributed by atoms with E-state index >= 15 is 0 Å². The zero-order chi connectivity index (χ0) is 9.97. The van der Waals surface area contributed by atoms with Gasteiger partial charge in [-0.3, -0.25) is 0 Å². The molecule has 0 aromatic carbocycles. The Hall–Kier alpha value is -0.0400. The minimum atomic E-state index is 0.771. The Morgan fingerprint density at radius 1 is 1.07 bits per heavy atom. The molecule has 2 saturated carbocycles. The predicted molar refractivity (Wildman–Crippen MR) is 61.4 cm³/mol. The summed E-state index contributed by atoms with van der Waals surface area (Å²) < 4.78 is 0. The smallest absolute Gasteiger partial charge is 0.00747 e. The second kappa shape index (κ2) is 4.65. The fourth-order valence-electron chi connectivity index (χ4n) is 3.18. The third-order valence-electron chi connectivity index (χ3n) is 4.23. The lowest BCUT2D eigenvalue weighted by atomic mass is 9.79. The Morgan fingerprint density at radius 3 is 2.29 bits per heavy atom. The Labute approximate surface area is 88.7 Å². The van der Waals surface area contributed by atoms with E-state index in [4.69, 9.17) is 0 Å². The van der Waals surface area contributed by atoms with E-state index in [1.807, 2.05) is 0 Å². The molecular weight excluding hydrogens is 170 g/mol. The molecule has 2 aliphatic rings. The van der Waals surface area contributed by atoms with Gasteiger partial charge >= 0.3 is 0 Å². The van der Waals surface area contributed by atoms with Crippen LogP contribution in [0.3, 0.4) is 0 Å². The molecule has 0 heterocycles. The molecule has 0 unspecified atom stereocenters. The van der Waals surface area contributed by atoms with Crippen LogP contribution in [-0.2, 0) is 0 Å². The van der Waals surface area contributed by atoms with E-state index in [0.717, 1.165) is 23.9 Å². The first kappa shape index (κ1) is 10.5. The SMILES string of the molecule is CC1CC(N[C@H](C)C2CCCCC2)C1. The van der Waals surface area contributed by atoms with E-state index in [9.17, 15) is 0 Å². The van der Waals surface area contributed by atoms with Gasteiger partial charge in [0.25, 0.3) is 0 Å². The molecule has 82 valence electrons. The normalized spacial score (nSPS) is 36.4. The molecule has 0 saturated heterocycles. The maximum Gasteiger partial charge on any atom is 0.00747 e. The van der Waals surface area contributed by atoms with Crippen molar-refractivity contribution in [1.82, 2.24) is 5.32 Å². The van der Waals surface area contributed by atoms with Gasteiger partial charge < -0.3 is 5.32 Å². The summed E-state index contributed by atoms with van der Waals surface area (Å²) >= 11 is 0. The minimum absolute atomic E-state index is 0.771. The van der Waals surface area contributed by atoms with Gasteiger partial charge in [-0.1, -0.05) is 26.2 Å². The van der Waals surface area contributed by atoms with Crippen LogP contribution in [0.4, 0.5) is 0 Å². The van der Waals surface area contributed by atoms with Gasteiger partial charge in [-0.2, -0.15) is 0 Å². The molecule has 1 atom stereocenters. The van der Waals surface area contributed by atoms with Gasteiger partial charge in [0.15, 0.2) is 0 Å². The molecule has 2 fully saturated rings. The zero-order valence-corrected chi connectivity index (χ0v) is 9.76. The average Bonchev–Trinajstić information content (AvgIpc) is 2.17. The Balaban J connectivity index is 1.69. The van der Waals surface area contributed by atoms with E-state index < -0.39 is 0 Å². The molecular formula is C13H25N. The molecule has 0 aromatic heterocycles. The third kappa shape index (κ3) is 2.50. The van der Waals surface area contributed by atoms with Crippen LogP contribution in [0, 0.1) is 11.8 Å². The van der Waals surface area contributed by atoms with E-state index in [-0.39, 0.29) is 0 Å². The maximum atomic E-state index is 3.82. The molecule has 2 aliphatic carbocycles. The summed E-state index contributed by atoms with van der Waals surface area (Å²) in [5.74, 6) is 1.95. The van der Waals surface area contributed by atoms with Crippen molar-refractivity contribution in [3.8, 4) is 0 Å². The Kier molecular flexibility index (Phi) is 3.48. The first-order valence-corrected chi connectivity index (χ1v) is 6.51. The molecule has 0 aliphatic heterocycles. The van der Waals surface area contributed by atoms with Crippen LogP contribution >= 0.6 is 0 Å². The van der Waals surface area contributed by atoms with Gasteiger partial charge in [0.1, 0.15) is 0 Å². The molecule has 14 heavy (non-hydrogen) atoms. The molecule has 0 radical (unpaired) electrons. The summed E-state index contributed by atoms with van der Waals surface area (Å²) in [6.07, 6.45) is 10.2. The largest absolute Gasteiger partial charge is 0.311 e. The number of nitrogens with one attached hydrogen (secondary N) is 1. The summed E-state index contributed by atoms with van der Waals surface area (Å²) in [4.78, 5) is 0. The van der Waals surface area contributed by atoms with Gasteiger partial charge in [0, 0.05) is 12.1 Å². The van der Waals surface area contributed by atoms with E-state index in [2.05, 4.69) is 19.2 Å². The van der Waals surface area contributed by atoms with Crippen LogP contribution in [0.1, 0.15) is 58.8 Å². The second-order valence-electron chi connectivity index (χ2n) is 5.63. The highest BCUT2D eigenvalue weighted by molar-refractivity contribution is 4.86. The lowest BCUT2D eigenvalue weighted by molar-refractivity contribution is 0.186. The Morgan fingerprint density at radius 2 is 1.71 bits per heavy atom. The molecule has 1 N–H and O–H groups in total. The van der Waals surface area contributed by atoms with Gasteiger partial charge in [0.05, 0.1) is 0 Å².